The first kappa shape index (κ1) is 21.3. The predicted molar refractivity (Wildman–Crippen MR) is 132 cm³/mol. The molecule has 7 heteroatoms. The van der Waals surface area contributed by atoms with Gasteiger partial charge in [0.05, 0.1) is 33.0 Å². The highest BCUT2D eigenvalue weighted by Gasteiger charge is 2.23. The van der Waals surface area contributed by atoms with E-state index in [9.17, 15) is 0 Å². The number of anilines is 1. The molecule has 0 amide bonds. The zero-order valence-corrected chi connectivity index (χ0v) is 19.2. The summed E-state index contributed by atoms with van der Waals surface area (Å²) in [5.41, 5.74) is 5.91. The Morgan fingerprint density at radius 3 is 2.59 bits per heavy atom. The van der Waals surface area contributed by atoms with Crippen LogP contribution in [0.1, 0.15) is 24.0 Å². The molecule has 0 spiro atoms. The molecule has 5 nitrogen and oxygen atoms in total. The average molecular weight is 466 g/mol. The molecule has 5 rings (SSSR count). The zero-order valence-electron chi connectivity index (χ0n) is 17.7. The number of rotatable bonds is 6. The fraction of sp³-hybridized carbons (Fsp3) is 0.280. The minimum absolute atomic E-state index is 0.540. The van der Waals surface area contributed by atoms with Crippen LogP contribution in [0.4, 0.5) is 5.95 Å². The summed E-state index contributed by atoms with van der Waals surface area (Å²) in [6.07, 6.45) is 5.12. The minimum Gasteiger partial charge on any atom is -0.352 e. The summed E-state index contributed by atoms with van der Waals surface area (Å²) < 4.78 is 0. The van der Waals surface area contributed by atoms with Crippen molar-refractivity contribution in [1.29, 1.82) is 0 Å². The Hall–Kier alpha value is -2.60. The van der Waals surface area contributed by atoms with Gasteiger partial charge in [-0.15, -0.1) is 0 Å². The van der Waals surface area contributed by atoms with E-state index in [1.165, 1.54) is 18.4 Å². The molecule has 1 fully saturated rings. The second-order valence-corrected chi connectivity index (χ2v) is 9.10. The highest BCUT2D eigenvalue weighted by atomic mass is 35.5. The van der Waals surface area contributed by atoms with Gasteiger partial charge < -0.3 is 15.6 Å². The molecule has 0 saturated carbocycles. The summed E-state index contributed by atoms with van der Waals surface area (Å²) in [6, 6.07) is 15.9. The summed E-state index contributed by atoms with van der Waals surface area (Å²) in [4.78, 5) is 12.9. The van der Waals surface area contributed by atoms with Crippen LogP contribution in [0.5, 0.6) is 0 Å². The van der Waals surface area contributed by atoms with Gasteiger partial charge in [-0.3, -0.25) is 0 Å². The van der Waals surface area contributed by atoms with Crippen molar-refractivity contribution in [3.63, 3.8) is 0 Å². The van der Waals surface area contributed by atoms with Gasteiger partial charge in [0, 0.05) is 17.7 Å². The number of benzene rings is 2. The monoisotopic (exact) mass is 465 g/mol. The van der Waals surface area contributed by atoms with Crippen molar-refractivity contribution < 1.29 is 0 Å². The first-order chi connectivity index (χ1) is 15.7. The van der Waals surface area contributed by atoms with E-state index in [-0.39, 0.29) is 0 Å². The number of hydrogen-bond donors (Lipinski definition) is 3. The number of nitrogens with zero attached hydrogens (tertiary/aromatic N) is 2. The van der Waals surface area contributed by atoms with Gasteiger partial charge in [0.15, 0.2) is 0 Å². The smallest absolute Gasteiger partial charge is 0.223 e. The molecule has 32 heavy (non-hydrogen) atoms. The lowest BCUT2D eigenvalue weighted by Crippen LogP contribution is -2.30. The van der Waals surface area contributed by atoms with Crippen LogP contribution in [-0.2, 0) is 13.0 Å². The zero-order chi connectivity index (χ0) is 21.9. The minimum atomic E-state index is 0.540. The number of nitrogens with one attached hydrogen (secondary N) is 3. The topological polar surface area (TPSA) is 65.6 Å². The SMILES string of the molecule is Clc1cccc(Cl)c1-c1[nH]c2cnc(NCc3ccccc3)nc2c1C[C@@H]1CCCNC1. The summed E-state index contributed by atoms with van der Waals surface area (Å²) in [6.45, 7) is 2.76. The highest BCUT2D eigenvalue weighted by molar-refractivity contribution is 6.39. The quantitative estimate of drug-likeness (QED) is 0.322. The molecule has 3 heterocycles. The van der Waals surface area contributed by atoms with Gasteiger partial charge in [-0.2, -0.15) is 0 Å². The second kappa shape index (κ2) is 9.49. The van der Waals surface area contributed by atoms with Crippen molar-refractivity contribution in [3.05, 3.63) is 75.9 Å². The normalized spacial score (nSPS) is 16.4. The molecule has 1 aliphatic rings. The third kappa shape index (κ3) is 4.46. The van der Waals surface area contributed by atoms with Gasteiger partial charge in [0.1, 0.15) is 0 Å². The molecular weight excluding hydrogens is 441 g/mol. The summed E-state index contributed by atoms with van der Waals surface area (Å²) in [5.74, 6) is 1.15. The molecule has 1 atom stereocenters. The van der Waals surface area contributed by atoms with Crippen molar-refractivity contribution in [1.82, 2.24) is 20.3 Å². The summed E-state index contributed by atoms with van der Waals surface area (Å²) >= 11 is 13.2. The Bertz CT molecular complexity index is 1200. The molecule has 0 aliphatic carbocycles. The van der Waals surface area contributed by atoms with Gasteiger partial charge in [0.2, 0.25) is 5.95 Å². The average Bonchev–Trinajstić information content (AvgIpc) is 3.16. The van der Waals surface area contributed by atoms with Crippen molar-refractivity contribution >= 4 is 40.2 Å². The van der Waals surface area contributed by atoms with E-state index in [2.05, 4.69) is 32.7 Å². The van der Waals surface area contributed by atoms with Crippen LogP contribution < -0.4 is 10.6 Å². The number of fused-ring (bicyclic) bond motifs is 1. The van der Waals surface area contributed by atoms with E-state index in [4.69, 9.17) is 28.2 Å². The van der Waals surface area contributed by atoms with Crippen LogP contribution in [0, 0.1) is 5.92 Å². The molecule has 0 radical (unpaired) electrons. The van der Waals surface area contributed by atoms with Gasteiger partial charge >= 0.3 is 0 Å². The van der Waals surface area contributed by atoms with E-state index < -0.39 is 0 Å². The Balaban J connectivity index is 1.55. The van der Waals surface area contributed by atoms with E-state index in [0.29, 0.717) is 28.5 Å². The molecule has 2 aromatic carbocycles. The highest BCUT2D eigenvalue weighted by Crippen LogP contribution is 2.39. The third-order valence-electron chi connectivity index (χ3n) is 6.03. The molecule has 164 valence electrons. The van der Waals surface area contributed by atoms with Gasteiger partial charge in [-0.25, -0.2) is 9.97 Å². The number of halogens is 2. The lowest BCUT2D eigenvalue weighted by Gasteiger charge is -2.23. The standard InChI is InChI=1S/C25H25Cl2N5/c26-19-9-4-10-20(27)22(19)24-18(12-17-8-5-11-28-13-17)23-21(31-24)15-30-25(32-23)29-14-16-6-2-1-3-7-16/h1-4,6-7,9-10,15,17,28,31H,5,8,11-14H2,(H,29,30,32)/t17-/m0/s1. The summed E-state index contributed by atoms with van der Waals surface area (Å²) in [7, 11) is 0. The number of hydrogen-bond acceptors (Lipinski definition) is 4. The first-order valence-corrected chi connectivity index (χ1v) is 11.7. The van der Waals surface area contributed by atoms with E-state index in [1.54, 1.807) is 0 Å². The lowest BCUT2D eigenvalue weighted by atomic mass is 9.91. The Morgan fingerprint density at radius 2 is 1.84 bits per heavy atom. The first-order valence-electron chi connectivity index (χ1n) is 11.0. The molecular formula is C25H25Cl2N5. The fourth-order valence-corrected chi connectivity index (χ4v) is 5.02. The largest absolute Gasteiger partial charge is 0.352 e. The maximum Gasteiger partial charge on any atom is 0.223 e. The molecule has 4 aromatic rings. The Labute approximate surface area is 197 Å². The number of piperidine rings is 1. The van der Waals surface area contributed by atoms with Crippen molar-refractivity contribution in [2.24, 2.45) is 5.92 Å². The lowest BCUT2D eigenvalue weighted by molar-refractivity contribution is 0.377. The number of H-pyrrole nitrogens is 1. The molecule has 1 saturated heterocycles. The van der Waals surface area contributed by atoms with Crippen molar-refractivity contribution in [3.8, 4) is 11.3 Å². The van der Waals surface area contributed by atoms with Crippen LogP contribution in [0.25, 0.3) is 22.3 Å². The molecule has 3 N–H and O–H groups in total. The van der Waals surface area contributed by atoms with Crippen LogP contribution in [0.2, 0.25) is 10.0 Å². The summed E-state index contributed by atoms with van der Waals surface area (Å²) in [5, 5.41) is 8.13. The number of aromatic nitrogens is 3. The second-order valence-electron chi connectivity index (χ2n) is 8.29. The Kier molecular flexibility index (Phi) is 6.30. The van der Waals surface area contributed by atoms with Crippen LogP contribution in [0.15, 0.2) is 54.7 Å². The van der Waals surface area contributed by atoms with E-state index in [0.717, 1.165) is 47.4 Å². The molecule has 1 aliphatic heterocycles. The Morgan fingerprint density at radius 1 is 1.03 bits per heavy atom. The fourth-order valence-electron chi connectivity index (χ4n) is 4.43. The molecule has 0 unspecified atom stereocenters. The number of aromatic amines is 1. The third-order valence-corrected chi connectivity index (χ3v) is 6.66. The van der Waals surface area contributed by atoms with Crippen molar-refractivity contribution in [2.75, 3.05) is 18.4 Å². The van der Waals surface area contributed by atoms with E-state index >= 15 is 0 Å². The maximum atomic E-state index is 6.59. The van der Waals surface area contributed by atoms with Crippen LogP contribution >= 0.6 is 23.2 Å². The van der Waals surface area contributed by atoms with Gasteiger partial charge in [0.25, 0.3) is 0 Å². The van der Waals surface area contributed by atoms with Crippen molar-refractivity contribution in [2.45, 2.75) is 25.8 Å². The molecule has 2 aromatic heterocycles. The molecule has 0 bridgehead atoms. The van der Waals surface area contributed by atoms with Crippen LogP contribution in [0.3, 0.4) is 0 Å². The maximum absolute atomic E-state index is 6.59. The van der Waals surface area contributed by atoms with Gasteiger partial charge in [-0.1, -0.05) is 59.6 Å². The predicted octanol–water partition coefficient (Wildman–Crippen LogP) is 6.09. The van der Waals surface area contributed by atoms with Gasteiger partial charge in [-0.05, 0) is 56.0 Å². The van der Waals surface area contributed by atoms with Crippen LogP contribution in [-0.4, -0.2) is 28.0 Å². The van der Waals surface area contributed by atoms with E-state index in [1.807, 2.05) is 42.6 Å².